The molecule has 112 valence electrons. The molecule has 2 aromatic heterocycles. The highest BCUT2D eigenvalue weighted by Gasteiger charge is 2.09. The maximum absolute atomic E-state index is 13.5. The Labute approximate surface area is 131 Å². The number of carbonyl (C=O) groups is 1. The Morgan fingerprint density at radius 1 is 1.32 bits per heavy atom. The summed E-state index contributed by atoms with van der Waals surface area (Å²) in [6.07, 6.45) is 3.53. The minimum Gasteiger partial charge on any atom is -0.346 e. The van der Waals surface area contributed by atoms with Gasteiger partial charge in [-0.05, 0) is 36.8 Å². The number of carbonyl (C=O) groups excluding carboxylic acids is 1. The summed E-state index contributed by atoms with van der Waals surface area (Å²) in [6.45, 7) is 1.91. The van der Waals surface area contributed by atoms with E-state index in [1.54, 1.807) is 48.0 Å². The van der Waals surface area contributed by atoms with E-state index in [0.717, 1.165) is 5.65 Å². The Bertz CT molecular complexity index is 860. The molecule has 0 bridgehead atoms. The SMILES string of the molecule is Cc1ccc(C(=O)NCc2cn3cc(Cl)ccc3n2)cc1F. The van der Waals surface area contributed by atoms with E-state index in [1.807, 2.05) is 0 Å². The number of fused-ring (bicyclic) bond motifs is 1. The van der Waals surface area contributed by atoms with E-state index in [1.165, 1.54) is 6.07 Å². The number of halogens is 2. The standard InChI is InChI=1S/C16H13ClFN3O/c1-10-2-3-11(6-14(10)18)16(22)19-7-13-9-21-8-12(17)4-5-15(21)20-13/h2-6,8-9H,7H2,1H3,(H,19,22). The maximum atomic E-state index is 13.5. The average Bonchev–Trinajstić information content (AvgIpc) is 2.89. The fourth-order valence-corrected chi connectivity index (χ4v) is 2.28. The van der Waals surface area contributed by atoms with Gasteiger partial charge in [0.25, 0.3) is 5.91 Å². The predicted octanol–water partition coefficient (Wildman–Crippen LogP) is 3.37. The molecule has 1 amide bonds. The second-order valence-corrected chi connectivity index (χ2v) is 5.43. The topological polar surface area (TPSA) is 46.4 Å². The molecular formula is C16H13ClFN3O. The van der Waals surface area contributed by atoms with Gasteiger partial charge in [-0.15, -0.1) is 0 Å². The van der Waals surface area contributed by atoms with Crippen molar-refractivity contribution in [3.63, 3.8) is 0 Å². The zero-order valence-electron chi connectivity index (χ0n) is 11.8. The Morgan fingerprint density at radius 2 is 2.14 bits per heavy atom. The highest BCUT2D eigenvalue weighted by Crippen LogP contribution is 2.12. The van der Waals surface area contributed by atoms with Gasteiger partial charge in [-0.1, -0.05) is 17.7 Å². The first-order valence-corrected chi connectivity index (χ1v) is 7.08. The molecule has 0 aliphatic carbocycles. The first-order valence-electron chi connectivity index (χ1n) is 6.70. The summed E-state index contributed by atoms with van der Waals surface area (Å²) in [6, 6.07) is 7.95. The number of hydrogen-bond acceptors (Lipinski definition) is 2. The van der Waals surface area contributed by atoms with Crippen LogP contribution in [0.2, 0.25) is 5.02 Å². The number of benzene rings is 1. The van der Waals surface area contributed by atoms with Crippen LogP contribution < -0.4 is 5.32 Å². The van der Waals surface area contributed by atoms with Crippen molar-refractivity contribution in [1.82, 2.24) is 14.7 Å². The summed E-state index contributed by atoms with van der Waals surface area (Å²) < 4.78 is 15.3. The molecule has 2 heterocycles. The Hall–Kier alpha value is -2.40. The molecule has 3 rings (SSSR count). The van der Waals surface area contributed by atoms with Crippen LogP contribution in [0.4, 0.5) is 4.39 Å². The lowest BCUT2D eigenvalue weighted by Gasteiger charge is -2.04. The van der Waals surface area contributed by atoms with Crippen LogP contribution >= 0.6 is 11.6 Å². The number of hydrogen-bond donors (Lipinski definition) is 1. The molecule has 0 aliphatic rings. The van der Waals surface area contributed by atoms with Crippen molar-refractivity contribution in [2.45, 2.75) is 13.5 Å². The summed E-state index contributed by atoms with van der Waals surface area (Å²) in [4.78, 5) is 16.4. The zero-order valence-corrected chi connectivity index (χ0v) is 12.6. The van der Waals surface area contributed by atoms with Crippen LogP contribution in [0.3, 0.4) is 0 Å². The van der Waals surface area contributed by atoms with E-state index in [4.69, 9.17) is 11.6 Å². The number of nitrogens with one attached hydrogen (secondary N) is 1. The molecule has 22 heavy (non-hydrogen) atoms. The molecule has 3 aromatic rings. The van der Waals surface area contributed by atoms with Crippen LogP contribution in [-0.2, 0) is 6.54 Å². The van der Waals surface area contributed by atoms with E-state index in [-0.39, 0.29) is 18.0 Å². The second kappa shape index (κ2) is 5.77. The van der Waals surface area contributed by atoms with Crippen molar-refractivity contribution >= 4 is 23.2 Å². The molecule has 0 aliphatic heterocycles. The molecule has 6 heteroatoms. The van der Waals surface area contributed by atoms with Gasteiger partial charge in [0.15, 0.2) is 0 Å². The number of nitrogens with zero attached hydrogens (tertiary/aromatic N) is 2. The Balaban J connectivity index is 1.72. The molecular weight excluding hydrogens is 305 g/mol. The molecule has 0 fully saturated rings. The monoisotopic (exact) mass is 317 g/mol. The maximum Gasteiger partial charge on any atom is 0.251 e. The normalized spacial score (nSPS) is 10.9. The second-order valence-electron chi connectivity index (χ2n) is 4.99. The molecule has 1 N–H and O–H groups in total. The number of pyridine rings is 1. The first-order chi connectivity index (χ1) is 10.5. The van der Waals surface area contributed by atoms with E-state index in [9.17, 15) is 9.18 Å². The number of amides is 1. The van der Waals surface area contributed by atoms with Crippen LogP contribution in [0.25, 0.3) is 5.65 Å². The lowest BCUT2D eigenvalue weighted by molar-refractivity contribution is 0.0950. The van der Waals surface area contributed by atoms with Gasteiger partial charge in [-0.3, -0.25) is 4.79 Å². The minimum atomic E-state index is -0.393. The van der Waals surface area contributed by atoms with Crippen molar-refractivity contribution in [1.29, 1.82) is 0 Å². The smallest absolute Gasteiger partial charge is 0.251 e. The van der Waals surface area contributed by atoms with E-state index >= 15 is 0 Å². The number of aryl methyl sites for hydroxylation is 1. The highest BCUT2D eigenvalue weighted by molar-refractivity contribution is 6.30. The molecule has 0 unspecified atom stereocenters. The van der Waals surface area contributed by atoms with Crippen molar-refractivity contribution in [3.8, 4) is 0 Å². The van der Waals surface area contributed by atoms with Crippen LogP contribution in [0.1, 0.15) is 21.6 Å². The molecule has 0 saturated heterocycles. The molecule has 1 aromatic carbocycles. The van der Waals surface area contributed by atoms with Gasteiger partial charge >= 0.3 is 0 Å². The fourth-order valence-electron chi connectivity index (χ4n) is 2.11. The van der Waals surface area contributed by atoms with Crippen molar-refractivity contribution in [3.05, 3.63) is 70.4 Å². The third-order valence-electron chi connectivity index (χ3n) is 3.33. The quantitative estimate of drug-likeness (QED) is 0.805. The van der Waals surface area contributed by atoms with Gasteiger partial charge in [-0.25, -0.2) is 9.37 Å². The average molecular weight is 318 g/mol. The third-order valence-corrected chi connectivity index (χ3v) is 3.55. The first kappa shape index (κ1) is 14.5. The highest BCUT2D eigenvalue weighted by atomic mass is 35.5. The minimum absolute atomic E-state index is 0.258. The number of imidazole rings is 1. The Morgan fingerprint density at radius 3 is 2.91 bits per heavy atom. The molecule has 0 radical (unpaired) electrons. The summed E-state index contributed by atoms with van der Waals surface area (Å²) in [5.41, 5.74) is 2.24. The summed E-state index contributed by atoms with van der Waals surface area (Å²) >= 11 is 5.91. The summed E-state index contributed by atoms with van der Waals surface area (Å²) in [7, 11) is 0. The van der Waals surface area contributed by atoms with Crippen LogP contribution in [0.5, 0.6) is 0 Å². The van der Waals surface area contributed by atoms with Crippen molar-refractivity contribution in [2.24, 2.45) is 0 Å². The van der Waals surface area contributed by atoms with Gasteiger partial charge in [0.05, 0.1) is 17.3 Å². The van der Waals surface area contributed by atoms with Gasteiger partial charge < -0.3 is 9.72 Å². The third kappa shape index (κ3) is 2.94. The molecule has 4 nitrogen and oxygen atoms in total. The van der Waals surface area contributed by atoms with E-state index < -0.39 is 5.82 Å². The van der Waals surface area contributed by atoms with Crippen molar-refractivity contribution < 1.29 is 9.18 Å². The molecule has 0 saturated carbocycles. The lowest BCUT2D eigenvalue weighted by atomic mass is 10.1. The van der Waals surface area contributed by atoms with Gasteiger partial charge in [0, 0.05) is 18.0 Å². The number of aromatic nitrogens is 2. The largest absolute Gasteiger partial charge is 0.346 e. The summed E-state index contributed by atoms with van der Waals surface area (Å²) in [5.74, 6) is -0.732. The lowest BCUT2D eigenvalue weighted by Crippen LogP contribution is -2.23. The van der Waals surface area contributed by atoms with Gasteiger partial charge in [0.2, 0.25) is 0 Å². The van der Waals surface area contributed by atoms with Crippen molar-refractivity contribution in [2.75, 3.05) is 0 Å². The number of rotatable bonds is 3. The van der Waals surface area contributed by atoms with Crippen LogP contribution in [0.15, 0.2) is 42.7 Å². The van der Waals surface area contributed by atoms with Crippen LogP contribution in [0, 0.1) is 12.7 Å². The van der Waals surface area contributed by atoms with E-state index in [2.05, 4.69) is 10.3 Å². The van der Waals surface area contributed by atoms with E-state index in [0.29, 0.717) is 16.3 Å². The Kier molecular flexibility index (Phi) is 3.81. The zero-order chi connectivity index (χ0) is 15.7. The van der Waals surface area contributed by atoms with Gasteiger partial charge in [0.1, 0.15) is 11.5 Å². The molecule has 0 spiro atoms. The summed E-state index contributed by atoms with van der Waals surface area (Å²) in [5, 5.41) is 3.33. The van der Waals surface area contributed by atoms with Crippen LogP contribution in [-0.4, -0.2) is 15.3 Å². The fraction of sp³-hybridized carbons (Fsp3) is 0.125. The van der Waals surface area contributed by atoms with Gasteiger partial charge in [-0.2, -0.15) is 0 Å². The predicted molar refractivity (Wildman–Crippen MR) is 82.5 cm³/mol. The molecule has 0 atom stereocenters.